The Morgan fingerprint density at radius 1 is 1.10 bits per heavy atom. The molecule has 1 amide bonds. The molecule has 1 atom stereocenters. The molecule has 5 nitrogen and oxygen atoms in total. The fourth-order valence-corrected chi connectivity index (χ4v) is 3.77. The lowest BCUT2D eigenvalue weighted by atomic mass is 9.79. The van der Waals surface area contributed by atoms with E-state index in [1.54, 1.807) is 37.3 Å². The zero-order valence-electron chi connectivity index (χ0n) is 16.7. The third-order valence-electron chi connectivity index (χ3n) is 5.34. The van der Waals surface area contributed by atoms with Gasteiger partial charge in [-0.25, -0.2) is 4.39 Å². The Morgan fingerprint density at radius 3 is 2.41 bits per heavy atom. The number of carbonyl (C=O) groups is 2. The Kier molecular flexibility index (Phi) is 6.52. The van der Waals surface area contributed by atoms with Crippen LogP contribution in [0.5, 0.6) is 5.75 Å². The molecule has 3 rings (SSSR count). The lowest BCUT2D eigenvalue weighted by molar-refractivity contribution is -0.159. The first-order valence-electron chi connectivity index (χ1n) is 9.96. The van der Waals surface area contributed by atoms with Gasteiger partial charge in [-0.2, -0.15) is 0 Å². The molecule has 0 spiro atoms. The van der Waals surface area contributed by atoms with Crippen molar-refractivity contribution >= 4 is 17.6 Å². The molecule has 1 N–H and O–H groups in total. The van der Waals surface area contributed by atoms with Crippen LogP contribution >= 0.6 is 0 Å². The average Bonchev–Trinajstić information content (AvgIpc) is 3.21. The van der Waals surface area contributed by atoms with Crippen LogP contribution in [-0.2, 0) is 19.7 Å². The van der Waals surface area contributed by atoms with Crippen molar-refractivity contribution in [2.75, 3.05) is 11.9 Å². The number of halogens is 1. The first kappa shape index (κ1) is 20.8. The summed E-state index contributed by atoms with van der Waals surface area (Å²) >= 11 is 0. The topological polar surface area (TPSA) is 64.6 Å². The highest BCUT2D eigenvalue weighted by Crippen LogP contribution is 2.42. The van der Waals surface area contributed by atoms with E-state index in [4.69, 9.17) is 9.47 Å². The van der Waals surface area contributed by atoms with E-state index in [1.165, 1.54) is 12.1 Å². The van der Waals surface area contributed by atoms with E-state index >= 15 is 0 Å². The fourth-order valence-electron chi connectivity index (χ4n) is 3.77. The molecule has 2 aromatic rings. The first-order valence-corrected chi connectivity index (χ1v) is 9.96. The van der Waals surface area contributed by atoms with E-state index in [-0.39, 0.29) is 5.82 Å². The van der Waals surface area contributed by atoms with Crippen LogP contribution in [-0.4, -0.2) is 24.6 Å². The minimum atomic E-state index is -0.977. The summed E-state index contributed by atoms with van der Waals surface area (Å²) in [6, 6.07) is 13.1. The van der Waals surface area contributed by atoms with Gasteiger partial charge < -0.3 is 14.8 Å². The van der Waals surface area contributed by atoms with Crippen molar-refractivity contribution in [2.24, 2.45) is 0 Å². The van der Waals surface area contributed by atoms with Gasteiger partial charge in [-0.1, -0.05) is 37.1 Å². The van der Waals surface area contributed by atoms with E-state index in [0.717, 1.165) is 18.4 Å². The zero-order chi connectivity index (χ0) is 20.9. The van der Waals surface area contributed by atoms with Gasteiger partial charge in [0.15, 0.2) is 6.10 Å². The molecule has 0 aromatic heterocycles. The molecular weight excluding hydrogens is 373 g/mol. The molecule has 154 valence electrons. The van der Waals surface area contributed by atoms with Crippen LogP contribution in [0.4, 0.5) is 10.1 Å². The van der Waals surface area contributed by atoms with E-state index in [2.05, 4.69) is 5.32 Å². The molecule has 29 heavy (non-hydrogen) atoms. The predicted molar refractivity (Wildman–Crippen MR) is 108 cm³/mol. The second kappa shape index (κ2) is 9.07. The van der Waals surface area contributed by atoms with Gasteiger partial charge in [-0.15, -0.1) is 0 Å². The molecule has 1 aliphatic carbocycles. The van der Waals surface area contributed by atoms with E-state index in [1.807, 2.05) is 13.0 Å². The van der Waals surface area contributed by atoms with Gasteiger partial charge in [0, 0.05) is 0 Å². The van der Waals surface area contributed by atoms with Gasteiger partial charge in [-0.05, 0) is 56.5 Å². The summed E-state index contributed by atoms with van der Waals surface area (Å²) in [5.74, 6) is -0.670. The molecule has 0 heterocycles. The van der Waals surface area contributed by atoms with Crippen LogP contribution in [0.15, 0.2) is 48.5 Å². The molecule has 0 saturated heterocycles. The summed E-state index contributed by atoms with van der Waals surface area (Å²) in [4.78, 5) is 25.7. The summed E-state index contributed by atoms with van der Waals surface area (Å²) in [7, 11) is 0. The molecule has 6 heteroatoms. The second-order valence-corrected chi connectivity index (χ2v) is 7.26. The van der Waals surface area contributed by atoms with Crippen molar-refractivity contribution < 1.29 is 23.5 Å². The maximum atomic E-state index is 13.3. The minimum absolute atomic E-state index is 0.351. The number of benzene rings is 2. The quantitative estimate of drug-likeness (QED) is 0.691. The summed E-state index contributed by atoms with van der Waals surface area (Å²) in [6.45, 7) is 3.88. The lowest BCUT2D eigenvalue weighted by Crippen LogP contribution is -2.39. The SMILES string of the molecule is CCOc1ccccc1NC(=O)[C@H](C)OC(=O)C1(c2ccc(F)cc2)CCCC1. The number of hydrogen-bond acceptors (Lipinski definition) is 4. The number of ether oxygens (including phenoxy) is 2. The highest BCUT2D eigenvalue weighted by molar-refractivity contribution is 5.97. The van der Waals surface area contributed by atoms with E-state index < -0.39 is 23.4 Å². The van der Waals surface area contributed by atoms with Crippen LogP contribution in [0, 0.1) is 5.82 Å². The number of amides is 1. The maximum absolute atomic E-state index is 13.3. The van der Waals surface area contributed by atoms with Crippen LogP contribution in [0.3, 0.4) is 0 Å². The van der Waals surface area contributed by atoms with Gasteiger partial charge in [-0.3, -0.25) is 9.59 Å². The Hall–Kier alpha value is -2.89. The molecule has 0 bridgehead atoms. The Balaban J connectivity index is 1.72. The lowest BCUT2D eigenvalue weighted by Gasteiger charge is -2.28. The monoisotopic (exact) mass is 399 g/mol. The van der Waals surface area contributed by atoms with Gasteiger partial charge in [0.2, 0.25) is 0 Å². The number of nitrogens with one attached hydrogen (secondary N) is 1. The summed E-state index contributed by atoms with van der Waals surface area (Å²) in [5, 5.41) is 2.76. The smallest absolute Gasteiger partial charge is 0.317 e. The molecule has 0 unspecified atom stereocenters. The average molecular weight is 399 g/mol. The van der Waals surface area contributed by atoms with Gasteiger partial charge in [0.1, 0.15) is 11.6 Å². The van der Waals surface area contributed by atoms with Crippen LogP contribution in [0.1, 0.15) is 45.1 Å². The third kappa shape index (κ3) is 4.58. The number of anilines is 1. The van der Waals surface area contributed by atoms with Crippen LogP contribution < -0.4 is 10.1 Å². The summed E-state index contributed by atoms with van der Waals surface area (Å²) in [6.07, 6.45) is 2.04. The fraction of sp³-hybridized carbons (Fsp3) is 0.391. The van der Waals surface area contributed by atoms with Crippen molar-refractivity contribution in [1.29, 1.82) is 0 Å². The third-order valence-corrected chi connectivity index (χ3v) is 5.34. The number of carbonyl (C=O) groups excluding carboxylic acids is 2. The van der Waals surface area contributed by atoms with Gasteiger partial charge >= 0.3 is 5.97 Å². The number of esters is 1. The zero-order valence-corrected chi connectivity index (χ0v) is 16.7. The Bertz CT molecular complexity index is 859. The van der Waals surface area contributed by atoms with E-state index in [9.17, 15) is 14.0 Å². The molecule has 1 aliphatic rings. The molecule has 1 saturated carbocycles. The Labute approximate surface area is 170 Å². The van der Waals surface area contributed by atoms with Crippen molar-refractivity contribution in [3.63, 3.8) is 0 Å². The van der Waals surface area contributed by atoms with Crippen molar-refractivity contribution in [3.05, 3.63) is 59.9 Å². The van der Waals surface area contributed by atoms with Crippen molar-refractivity contribution in [3.8, 4) is 5.75 Å². The molecule has 0 aliphatic heterocycles. The summed E-state index contributed by atoms with van der Waals surface area (Å²) < 4.78 is 24.4. The maximum Gasteiger partial charge on any atom is 0.317 e. The molecule has 1 fully saturated rings. The predicted octanol–water partition coefficient (Wildman–Crippen LogP) is 4.61. The van der Waals surface area contributed by atoms with Gasteiger partial charge in [0.05, 0.1) is 17.7 Å². The Morgan fingerprint density at radius 2 is 1.76 bits per heavy atom. The van der Waals surface area contributed by atoms with Crippen molar-refractivity contribution in [1.82, 2.24) is 0 Å². The largest absolute Gasteiger partial charge is 0.492 e. The van der Waals surface area contributed by atoms with Crippen LogP contribution in [0.2, 0.25) is 0 Å². The van der Waals surface area contributed by atoms with Crippen LogP contribution in [0.25, 0.3) is 0 Å². The summed E-state index contributed by atoms with van der Waals surface area (Å²) in [5.41, 5.74) is 0.429. The minimum Gasteiger partial charge on any atom is -0.492 e. The first-order chi connectivity index (χ1) is 14.0. The number of hydrogen-bond donors (Lipinski definition) is 1. The van der Waals surface area contributed by atoms with E-state index in [0.29, 0.717) is 30.9 Å². The van der Waals surface area contributed by atoms with Gasteiger partial charge in [0.25, 0.3) is 5.91 Å². The van der Waals surface area contributed by atoms with Crippen molar-refractivity contribution in [2.45, 2.75) is 51.0 Å². The molecular formula is C23H26FNO4. The highest BCUT2D eigenvalue weighted by Gasteiger charge is 2.45. The second-order valence-electron chi connectivity index (χ2n) is 7.26. The normalized spacial score (nSPS) is 16.1. The molecule has 0 radical (unpaired) electrons. The standard InChI is InChI=1S/C23H26FNO4/c1-3-28-20-9-5-4-8-19(20)25-21(26)16(2)29-22(27)23(14-6-7-15-23)17-10-12-18(24)13-11-17/h4-5,8-13,16H,3,6-7,14-15H2,1-2H3,(H,25,26)/t16-/m0/s1. The highest BCUT2D eigenvalue weighted by atomic mass is 19.1. The number of para-hydroxylation sites is 2. The molecule has 2 aromatic carbocycles. The number of rotatable bonds is 7.